The third-order valence-electron chi connectivity index (χ3n) is 4.65. The highest BCUT2D eigenvalue weighted by molar-refractivity contribution is 6.06. The van der Waals surface area contributed by atoms with Crippen LogP contribution in [-0.4, -0.2) is 10.9 Å². The molecule has 4 rings (SSSR count). The summed E-state index contributed by atoms with van der Waals surface area (Å²) in [5.74, 6) is 0.636. The number of nitrogens with zero attached hydrogens (tertiary/aromatic N) is 1. The van der Waals surface area contributed by atoms with Crippen molar-refractivity contribution in [1.29, 1.82) is 0 Å². The lowest BCUT2D eigenvalue weighted by molar-refractivity contribution is 0.102. The Labute approximate surface area is 170 Å². The van der Waals surface area contributed by atoms with E-state index in [-0.39, 0.29) is 5.91 Å². The zero-order valence-corrected chi connectivity index (χ0v) is 16.1. The molecule has 0 unspecified atom stereocenters. The number of amides is 1. The fourth-order valence-electron chi connectivity index (χ4n) is 3.11. The third kappa shape index (κ3) is 4.50. The normalized spacial score (nSPS) is 10.4. The minimum Gasteiger partial charge on any atom is -0.340 e. The van der Waals surface area contributed by atoms with Gasteiger partial charge in [-0.1, -0.05) is 48.5 Å². The van der Waals surface area contributed by atoms with Crippen LogP contribution in [0.25, 0.3) is 11.1 Å². The summed E-state index contributed by atoms with van der Waals surface area (Å²) in [4.78, 5) is 17.2. The van der Waals surface area contributed by atoms with Crippen LogP contribution in [0.3, 0.4) is 0 Å². The van der Waals surface area contributed by atoms with Gasteiger partial charge < -0.3 is 10.6 Å². The van der Waals surface area contributed by atoms with E-state index in [4.69, 9.17) is 0 Å². The number of benzene rings is 3. The van der Waals surface area contributed by atoms with Crippen molar-refractivity contribution < 1.29 is 4.79 Å². The Morgan fingerprint density at radius 2 is 1.41 bits per heavy atom. The van der Waals surface area contributed by atoms with E-state index >= 15 is 0 Å². The maximum atomic E-state index is 12.8. The molecule has 0 bridgehead atoms. The molecule has 29 heavy (non-hydrogen) atoms. The molecule has 4 nitrogen and oxygen atoms in total. The van der Waals surface area contributed by atoms with Crippen LogP contribution < -0.4 is 10.6 Å². The smallest absolute Gasteiger partial charge is 0.255 e. The van der Waals surface area contributed by atoms with Crippen LogP contribution in [0, 0.1) is 6.92 Å². The van der Waals surface area contributed by atoms with Crippen molar-refractivity contribution in [1.82, 2.24) is 4.98 Å². The van der Waals surface area contributed by atoms with E-state index in [1.165, 1.54) is 0 Å². The molecule has 2 N–H and O–H groups in total. The molecular weight excluding hydrogens is 358 g/mol. The Hall–Kier alpha value is -3.92. The maximum Gasteiger partial charge on any atom is 0.255 e. The van der Waals surface area contributed by atoms with Gasteiger partial charge in [-0.3, -0.25) is 4.79 Å². The number of hydrogen-bond donors (Lipinski definition) is 2. The number of para-hydroxylation sites is 2. The SMILES string of the molecule is Cc1ccc(-c2ccnc(Nc3ccccc3)c2)cc1C(=O)Nc1ccccc1. The first-order valence-electron chi connectivity index (χ1n) is 9.44. The first kappa shape index (κ1) is 18.4. The zero-order chi connectivity index (χ0) is 20.1. The Morgan fingerprint density at radius 3 is 2.14 bits per heavy atom. The Balaban J connectivity index is 1.60. The molecular formula is C25H21N3O. The van der Waals surface area contributed by atoms with Crippen molar-refractivity contribution in [2.24, 2.45) is 0 Å². The number of hydrogen-bond acceptors (Lipinski definition) is 3. The predicted octanol–water partition coefficient (Wildman–Crippen LogP) is 6.05. The van der Waals surface area contributed by atoms with Crippen molar-refractivity contribution in [3.05, 3.63) is 108 Å². The number of carbonyl (C=O) groups is 1. The van der Waals surface area contributed by atoms with Gasteiger partial charge in [0.15, 0.2) is 0 Å². The van der Waals surface area contributed by atoms with Gasteiger partial charge in [0.05, 0.1) is 0 Å². The maximum absolute atomic E-state index is 12.8. The number of aryl methyl sites for hydroxylation is 1. The highest BCUT2D eigenvalue weighted by Crippen LogP contribution is 2.26. The molecule has 142 valence electrons. The zero-order valence-electron chi connectivity index (χ0n) is 16.1. The lowest BCUT2D eigenvalue weighted by Gasteiger charge is -2.11. The van der Waals surface area contributed by atoms with Crippen LogP contribution in [-0.2, 0) is 0 Å². The number of anilines is 3. The van der Waals surface area contributed by atoms with Gasteiger partial charge in [0.2, 0.25) is 0 Å². The molecule has 0 fully saturated rings. The predicted molar refractivity (Wildman–Crippen MR) is 119 cm³/mol. The van der Waals surface area contributed by atoms with Gasteiger partial charge in [-0.15, -0.1) is 0 Å². The molecule has 0 aliphatic heterocycles. The van der Waals surface area contributed by atoms with Gasteiger partial charge >= 0.3 is 0 Å². The quantitative estimate of drug-likeness (QED) is 0.444. The van der Waals surface area contributed by atoms with Crippen molar-refractivity contribution in [2.75, 3.05) is 10.6 Å². The lowest BCUT2D eigenvalue weighted by Crippen LogP contribution is -2.13. The van der Waals surface area contributed by atoms with Crippen molar-refractivity contribution >= 4 is 23.1 Å². The van der Waals surface area contributed by atoms with Crippen LogP contribution >= 0.6 is 0 Å². The largest absolute Gasteiger partial charge is 0.340 e. The minimum absolute atomic E-state index is 0.118. The fraction of sp³-hybridized carbons (Fsp3) is 0.0400. The standard InChI is InChI=1S/C25H21N3O/c1-18-12-13-19(16-23(18)25(29)28-22-10-6-3-7-11-22)20-14-15-26-24(17-20)27-21-8-4-2-5-9-21/h2-17H,1H3,(H,26,27)(H,28,29). The fourth-order valence-corrected chi connectivity index (χ4v) is 3.11. The molecule has 0 spiro atoms. The molecule has 4 heteroatoms. The average molecular weight is 379 g/mol. The van der Waals surface area contributed by atoms with Crippen LogP contribution in [0.1, 0.15) is 15.9 Å². The van der Waals surface area contributed by atoms with E-state index in [2.05, 4.69) is 15.6 Å². The summed E-state index contributed by atoms with van der Waals surface area (Å²) in [6.45, 7) is 1.94. The van der Waals surface area contributed by atoms with Gasteiger partial charge in [-0.2, -0.15) is 0 Å². The van der Waals surface area contributed by atoms with Crippen molar-refractivity contribution in [3.63, 3.8) is 0 Å². The molecule has 1 amide bonds. The summed E-state index contributed by atoms with van der Waals surface area (Å²) in [5, 5.41) is 6.26. The van der Waals surface area contributed by atoms with E-state index in [9.17, 15) is 4.79 Å². The summed E-state index contributed by atoms with van der Waals surface area (Å²) < 4.78 is 0. The highest BCUT2D eigenvalue weighted by atomic mass is 16.1. The molecule has 0 atom stereocenters. The van der Waals surface area contributed by atoms with Crippen LogP contribution in [0.2, 0.25) is 0 Å². The topological polar surface area (TPSA) is 54.0 Å². The van der Waals surface area contributed by atoms with Gasteiger partial charge in [0.25, 0.3) is 5.91 Å². The van der Waals surface area contributed by atoms with E-state index in [1.807, 2.05) is 97.9 Å². The molecule has 4 aromatic rings. The minimum atomic E-state index is -0.118. The molecule has 0 saturated carbocycles. The molecule has 0 saturated heterocycles. The second-order valence-electron chi connectivity index (χ2n) is 6.77. The van der Waals surface area contributed by atoms with Gasteiger partial charge in [0, 0.05) is 23.1 Å². The van der Waals surface area contributed by atoms with Crippen molar-refractivity contribution in [2.45, 2.75) is 6.92 Å². The number of carbonyl (C=O) groups excluding carboxylic acids is 1. The Bertz CT molecular complexity index is 1130. The molecule has 1 aromatic heterocycles. The number of pyridine rings is 1. The first-order chi connectivity index (χ1) is 14.2. The lowest BCUT2D eigenvalue weighted by atomic mass is 9.99. The Morgan fingerprint density at radius 1 is 0.759 bits per heavy atom. The van der Waals surface area contributed by atoms with E-state index in [1.54, 1.807) is 6.20 Å². The number of rotatable bonds is 5. The molecule has 0 aliphatic carbocycles. The highest BCUT2D eigenvalue weighted by Gasteiger charge is 2.11. The summed E-state index contributed by atoms with van der Waals surface area (Å²) in [5.41, 5.74) is 5.30. The van der Waals surface area contributed by atoms with Crippen LogP contribution in [0.4, 0.5) is 17.2 Å². The van der Waals surface area contributed by atoms with E-state index in [0.29, 0.717) is 5.56 Å². The molecule has 3 aromatic carbocycles. The van der Waals surface area contributed by atoms with E-state index in [0.717, 1.165) is 33.9 Å². The molecule has 0 aliphatic rings. The Kier molecular flexibility index (Phi) is 5.34. The molecule has 1 heterocycles. The summed E-state index contributed by atoms with van der Waals surface area (Å²) in [7, 11) is 0. The number of nitrogens with one attached hydrogen (secondary N) is 2. The van der Waals surface area contributed by atoms with Gasteiger partial charge in [-0.25, -0.2) is 4.98 Å². The molecule has 0 radical (unpaired) electrons. The monoisotopic (exact) mass is 379 g/mol. The third-order valence-corrected chi connectivity index (χ3v) is 4.65. The summed E-state index contributed by atoms with van der Waals surface area (Å²) >= 11 is 0. The summed E-state index contributed by atoms with van der Waals surface area (Å²) in [6, 6.07) is 29.2. The van der Waals surface area contributed by atoms with Gasteiger partial charge in [0.1, 0.15) is 5.82 Å². The number of aromatic nitrogens is 1. The van der Waals surface area contributed by atoms with Crippen molar-refractivity contribution in [3.8, 4) is 11.1 Å². The average Bonchev–Trinajstić information content (AvgIpc) is 2.76. The van der Waals surface area contributed by atoms with E-state index < -0.39 is 0 Å². The second-order valence-corrected chi connectivity index (χ2v) is 6.77. The van der Waals surface area contributed by atoms with Crippen LogP contribution in [0.15, 0.2) is 97.2 Å². The second kappa shape index (κ2) is 8.40. The van der Waals surface area contributed by atoms with Gasteiger partial charge in [-0.05, 0) is 66.1 Å². The first-order valence-corrected chi connectivity index (χ1v) is 9.44. The van der Waals surface area contributed by atoms with Crippen LogP contribution in [0.5, 0.6) is 0 Å². The summed E-state index contributed by atoms with van der Waals surface area (Å²) in [6.07, 6.45) is 1.77.